The molecule has 0 radical (unpaired) electrons. The summed E-state index contributed by atoms with van der Waals surface area (Å²) < 4.78 is 31.0. The quantitative estimate of drug-likeness (QED) is 0.754. The van der Waals surface area contributed by atoms with E-state index in [1.165, 1.54) is 4.31 Å². The Balaban J connectivity index is 2.31. The van der Waals surface area contributed by atoms with E-state index in [0.29, 0.717) is 24.7 Å². The minimum absolute atomic E-state index is 0.272. The number of sulfonamides is 1. The third kappa shape index (κ3) is 3.95. The molecular formula is C17H29N5O2S. The number of aryl methyl sites for hydroxylation is 3. The molecule has 2 aromatic rings. The lowest BCUT2D eigenvalue weighted by atomic mass is 10.2. The molecule has 0 atom stereocenters. The molecular weight excluding hydrogens is 338 g/mol. The van der Waals surface area contributed by atoms with Crippen molar-refractivity contribution in [2.24, 2.45) is 5.92 Å². The van der Waals surface area contributed by atoms with Gasteiger partial charge in [0.05, 0.1) is 11.4 Å². The van der Waals surface area contributed by atoms with Crippen LogP contribution in [-0.4, -0.2) is 39.3 Å². The third-order valence-electron chi connectivity index (χ3n) is 4.35. The van der Waals surface area contributed by atoms with Crippen LogP contribution in [0.3, 0.4) is 0 Å². The van der Waals surface area contributed by atoms with E-state index in [1.54, 1.807) is 24.9 Å². The van der Waals surface area contributed by atoms with E-state index in [9.17, 15) is 8.42 Å². The van der Waals surface area contributed by atoms with E-state index in [-0.39, 0.29) is 4.90 Å². The van der Waals surface area contributed by atoms with E-state index < -0.39 is 10.0 Å². The highest BCUT2D eigenvalue weighted by Crippen LogP contribution is 2.22. The summed E-state index contributed by atoms with van der Waals surface area (Å²) in [7, 11) is -1.99. The van der Waals surface area contributed by atoms with E-state index in [0.717, 1.165) is 23.5 Å². The van der Waals surface area contributed by atoms with Crippen molar-refractivity contribution in [1.82, 2.24) is 23.9 Å². The normalized spacial score (nSPS) is 12.5. The Morgan fingerprint density at radius 1 is 1.16 bits per heavy atom. The summed E-state index contributed by atoms with van der Waals surface area (Å²) in [6, 6.07) is 0. The summed E-state index contributed by atoms with van der Waals surface area (Å²) in [5.74, 6) is 0.401. The Bertz CT molecular complexity index is 849. The summed E-state index contributed by atoms with van der Waals surface area (Å²) in [5.41, 5.74) is 3.37. The van der Waals surface area contributed by atoms with Crippen LogP contribution in [0.1, 0.15) is 43.4 Å². The van der Waals surface area contributed by atoms with Gasteiger partial charge in [-0.1, -0.05) is 13.8 Å². The molecule has 2 rings (SSSR count). The molecule has 0 bridgehead atoms. The topological polar surface area (TPSA) is 73.0 Å². The van der Waals surface area contributed by atoms with Gasteiger partial charge in [-0.05, 0) is 33.6 Å². The summed E-state index contributed by atoms with van der Waals surface area (Å²) in [4.78, 5) is 0.272. The average molecular weight is 368 g/mol. The minimum Gasteiger partial charge on any atom is -0.271 e. The van der Waals surface area contributed by atoms with Crippen molar-refractivity contribution in [3.8, 4) is 0 Å². The third-order valence-corrected chi connectivity index (χ3v) is 6.26. The molecule has 0 amide bonds. The van der Waals surface area contributed by atoms with Gasteiger partial charge in [-0.15, -0.1) is 0 Å². The Labute approximate surface area is 150 Å². The smallest absolute Gasteiger partial charge is 0.246 e. The minimum atomic E-state index is -3.60. The molecule has 0 aromatic carbocycles. The van der Waals surface area contributed by atoms with Crippen molar-refractivity contribution in [2.75, 3.05) is 7.05 Å². The van der Waals surface area contributed by atoms with Gasteiger partial charge in [0.2, 0.25) is 10.0 Å². The Morgan fingerprint density at radius 3 is 2.32 bits per heavy atom. The zero-order chi connectivity index (χ0) is 18.9. The van der Waals surface area contributed by atoms with Gasteiger partial charge in [0.1, 0.15) is 4.90 Å². The van der Waals surface area contributed by atoms with Gasteiger partial charge >= 0.3 is 0 Å². The maximum Gasteiger partial charge on any atom is 0.246 e. The summed E-state index contributed by atoms with van der Waals surface area (Å²) in [6.45, 7) is 13.6. The van der Waals surface area contributed by atoms with Crippen molar-refractivity contribution < 1.29 is 8.42 Å². The summed E-state index contributed by atoms with van der Waals surface area (Å²) in [5, 5.41) is 8.82. The first-order valence-electron chi connectivity index (χ1n) is 8.61. The average Bonchev–Trinajstić information content (AvgIpc) is 3.00. The first-order chi connectivity index (χ1) is 11.6. The molecule has 0 aliphatic rings. The molecule has 0 unspecified atom stereocenters. The molecule has 0 saturated carbocycles. The number of hydrogen-bond acceptors (Lipinski definition) is 4. The van der Waals surface area contributed by atoms with Gasteiger partial charge < -0.3 is 0 Å². The fourth-order valence-electron chi connectivity index (χ4n) is 2.97. The molecule has 2 aromatic heterocycles. The molecule has 2 heterocycles. The molecule has 0 saturated heterocycles. The highest BCUT2D eigenvalue weighted by molar-refractivity contribution is 7.89. The summed E-state index contributed by atoms with van der Waals surface area (Å²) >= 11 is 0. The first kappa shape index (κ1) is 19.7. The molecule has 8 heteroatoms. The highest BCUT2D eigenvalue weighted by Gasteiger charge is 2.27. The molecule has 0 aliphatic heterocycles. The van der Waals surface area contributed by atoms with Gasteiger partial charge in [0.15, 0.2) is 0 Å². The van der Waals surface area contributed by atoms with Gasteiger partial charge in [0, 0.05) is 44.1 Å². The van der Waals surface area contributed by atoms with Gasteiger partial charge in [-0.2, -0.15) is 14.5 Å². The molecule has 0 N–H and O–H groups in total. The molecule has 0 aliphatic carbocycles. The maximum atomic E-state index is 13.0. The standard InChI is InChI=1S/C17H29N5O2S/c1-8-22-15(6)16(13(4)19-22)10-20(7)25(23,24)17-11-21(9-12(2)3)18-14(17)5/h11-12H,8-10H2,1-7H3. The van der Waals surface area contributed by atoms with Crippen LogP contribution < -0.4 is 0 Å². The Hall–Kier alpha value is -1.67. The Morgan fingerprint density at radius 2 is 1.80 bits per heavy atom. The van der Waals surface area contributed by atoms with Crippen molar-refractivity contribution >= 4 is 10.0 Å². The van der Waals surface area contributed by atoms with Crippen LogP contribution in [0.5, 0.6) is 0 Å². The molecule has 7 nitrogen and oxygen atoms in total. The Kier molecular flexibility index (Phi) is 5.73. The molecule has 140 valence electrons. The van der Waals surface area contributed by atoms with Crippen molar-refractivity contribution in [1.29, 1.82) is 0 Å². The molecule has 0 spiro atoms. The lowest BCUT2D eigenvalue weighted by molar-refractivity contribution is 0.463. The van der Waals surface area contributed by atoms with Crippen LogP contribution in [0.2, 0.25) is 0 Å². The van der Waals surface area contributed by atoms with Crippen LogP contribution in [0, 0.1) is 26.7 Å². The van der Waals surface area contributed by atoms with Crippen LogP contribution in [-0.2, 0) is 29.7 Å². The summed E-state index contributed by atoms with van der Waals surface area (Å²) in [6.07, 6.45) is 1.64. The lowest BCUT2D eigenvalue weighted by Crippen LogP contribution is -2.27. The second-order valence-corrected chi connectivity index (χ2v) is 8.93. The van der Waals surface area contributed by atoms with Crippen LogP contribution >= 0.6 is 0 Å². The fraction of sp³-hybridized carbons (Fsp3) is 0.647. The monoisotopic (exact) mass is 367 g/mol. The van der Waals surface area contributed by atoms with Crippen molar-refractivity contribution in [3.63, 3.8) is 0 Å². The fourth-order valence-corrected chi connectivity index (χ4v) is 4.27. The van der Waals surface area contributed by atoms with Gasteiger partial charge in [0.25, 0.3) is 0 Å². The largest absolute Gasteiger partial charge is 0.271 e. The van der Waals surface area contributed by atoms with E-state index in [1.807, 2.05) is 25.5 Å². The van der Waals surface area contributed by atoms with Crippen LogP contribution in [0.25, 0.3) is 0 Å². The number of hydrogen-bond donors (Lipinski definition) is 0. The lowest BCUT2D eigenvalue weighted by Gasteiger charge is -2.17. The zero-order valence-electron chi connectivity index (χ0n) is 16.2. The van der Waals surface area contributed by atoms with Crippen LogP contribution in [0.15, 0.2) is 11.1 Å². The second-order valence-electron chi connectivity index (χ2n) is 6.92. The number of nitrogens with zero attached hydrogens (tertiary/aromatic N) is 5. The predicted molar refractivity (Wildman–Crippen MR) is 97.8 cm³/mol. The SMILES string of the molecule is CCn1nc(C)c(CN(C)S(=O)(=O)c2cn(CC(C)C)nc2C)c1C. The zero-order valence-corrected chi connectivity index (χ0v) is 17.1. The van der Waals surface area contributed by atoms with Gasteiger partial charge in [-0.25, -0.2) is 8.42 Å². The first-order valence-corrected chi connectivity index (χ1v) is 10.0. The van der Waals surface area contributed by atoms with Gasteiger partial charge in [-0.3, -0.25) is 9.36 Å². The molecule has 25 heavy (non-hydrogen) atoms. The number of aromatic nitrogens is 4. The predicted octanol–water partition coefficient (Wildman–Crippen LogP) is 2.50. The van der Waals surface area contributed by atoms with E-state index in [2.05, 4.69) is 24.0 Å². The molecule has 0 fully saturated rings. The number of rotatable bonds is 7. The van der Waals surface area contributed by atoms with Crippen LogP contribution in [0.4, 0.5) is 0 Å². The van der Waals surface area contributed by atoms with Crippen molar-refractivity contribution in [3.05, 3.63) is 28.8 Å². The van der Waals surface area contributed by atoms with E-state index in [4.69, 9.17) is 0 Å². The second kappa shape index (κ2) is 7.29. The van der Waals surface area contributed by atoms with Crippen molar-refractivity contribution in [2.45, 2.75) is 66.1 Å². The highest BCUT2D eigenvalue weighted by atomic mass is 32.2. The maximum absolute atomic E-state index is 13.0. The van der Waals surface area contributed by atoms with E-state index >= 15 is 0 Å².